The van der Waals surface area contributed by atoms with Crippen molar-refractivity contribution in [2.24, 2.45) is 12.0 Å². The standard InChI is InChI=1S/C18H28N6O/c1-18(2,3)14-7-6-8-15(11-14)25-10-9-20-17(19-4)21-12-16-22-13-23-24(16)5/h6-8,11,13H,9-10,12H2,1-5H3,(H2,19,20,21). The van der Waals surface area contributed by atoms with E-state index < -0.39 is 0 Å². The van der Waals surface area contributed by atoms with Crippen LogP contribution in [0.5, 0.6) is 5.75 Å². The molecular weight excluding hydrogens is 316 g/mol. The Morgan fingerprint density at radius 1 is 1.28 bits per heavy atom. The van der Waals surface area contributed by atoms with Crippen molar-refractivity contribution in [1.29, 1.82) is 0 Å². The van der Waals surface area contributed by atoms with E-state index in [1.807, 2.05) is 19.2 Å². The fourth-order valence-corrected chi connectivity index (χ4v) is 2.25. The molecule has 0 saturated carbocycles. The van der Waals surface area contributed by atoms with Crippen LogP contribution in [-0.2, 0) is 19.0 Å². The van der Waals surface area contributed by atoms with Gasteiger partial charge in [-0.25, -0.2) is 4.98 Å². The van der Waals surface area contributed by atoms with Gasteiger partial charge in [-0.05, 0) is 23.1 Å². The summed E-state index contributed by atoms with van der Waals surface area (Å²) in [5, 5.41) is 10.5. The molecule has 0 fully saturated rings. The molecule has 0 aliphatic heterocycles. The van der Waals surface area contributed by atoms with Gasteiger partial charge in [0, 0.05) is 14.1 Å². The van der Waals surface area contributed by atoms with Gasteiger partial charge < -0.3 is 15.4 Å². The number of hydrogen-bond acceptors (Lipinski definition) is 4. The van der Waals surface area contributed by atoms with E-state index in [1.54, 1.807) is 11.7 Å². The summed E-state index contributed by atoms with van der Waals surface area (Å²) in [6.45, 7) is 8.35. The lowest BCUT2D eigenvalue weighted by molar-refractivity contribution is 0.321. The number of nitrogens with zero attached hydrogens (tertiary/aromatic N) is 4. The van der Waals surface area contributed by atoms with E-state index in [0.717, 1.165) is 11.6 Å². The number of aryl methyl sites for hydroxylation is 1. The first-order valence-corrected chi connectivity index (χ1v) is 8.41. The van der Waals surface area contributed by atoms with Gasteiger partial charge in [0.05, 0.1) is 13.1 Å². The van der Waals surface area contributed by atoms with Gasteiger partial charge in [0.25, 0.3) is 0 Å². The van der Waals surface area contributed by atoms with Crippen LogP contribution in [0.1, 0.15) is 32.2 Å². The SMILES string of the molecule is CN=C(NCCOc1cccc(C(C)(C)C)c1)NCc1ncnn1C. The minimum atomic E-state index is 0.114. The van der Waals surface area contributed by atoms with Crippen LogP contribution in [0.2, 0.25) is 0 Å². The second kappa shape index (κ2) is 8.50. The van der Waals surface area contributed by atoms with Gasteiger partial charge >= 0.3 is 0 Å². The first-order chi connectivity index (χ1) is 11.9. The lowest BCUT2D eigenvalue weighted by Crippen LogP contribution is -2.39. The van der Waals surface area contributed by atoms with E-state index in [0.29, 0.717) is 25.7 Å². The van der Waals surface area contributed by atoms with Crippen molar-refractivity contribution in [1.82, 2.24) is 25.4 Å². The fourth-order valence-electron chi connectivity index (χ4n) is 2.25. The second-order valence-electron chi connectivity index (χ2n) is 6.78. The van der Waals surface area contributed by atoms with Gasteiger partial charge in [-0.3, -0.25) is 9.67 Å². The highest BCUT2D eigenvalue weighted by atomic mass is 16.5. The molecule has 0 amide bonds. The molecule has 0 aliphatic carbocycles. The molecular formula is C18H28N6O. The van der Waals surface area contributed by atoms with Gasteiger partial charge in [-0.1, -0.05) is 32.9 Å². The summed E-state index contributed by atoms with van der Waals surface area (Å²) in [6.07, 6.45) is 1.53. The normalized spacial score (nSPS) is 12.1. The maximum absolute atomic E-state index is 5.83. The van der Waals surface area contributed by atoms with E-state index >= 15 is 0 Å². The summed E-state index contributed by atoms with van der Waals surface area (Å²) in [4.78, 5) is 8.36. The quantitative estimate of drug-likeness (QED) is 0.475. The molecule has 0 bridgehead atoms. The van der Waals surface area contributed by atoms with Crippen molar-refractivity contribution in [3.05, 3.63) is 42.0 Å². The number of nitrogens with one attached hydrogen (secondary N) is 2. The highest BCUT2D eigenvalue weighted by Crippen LogP contribution is 2.25. The Balaban J connectivity index is 1.75. The predicted molar refractivity (Wildman–Crippen MR) is 99.8 cm³/mol. The Bertz CT molecular complexity index is 702. The Morgan fingerprint density at radius 3 is 2.72 bits per heavy atom. The Hall–Kier alpha value is -2.57. The number of aliphatic imine (C=N–C) groups is 1. The average Bonchev–Trinajstić information content (AvgIpc) is 2.99. The van der Waals surface area contributed by atoms with E-state index in [2.05, 4.69) is 58.6 Å². The lowest BCUT2D eigenvalue weighted by atomic mass is 9.87. The van der Waals surface area contributed by atoms with Crippen molar-refractivity contribution in [3.8, 4) is 5.75 Å². The summed E-state index contributed by atoms with van der Waals surface area (Å²) >= 11 is 0. The first kappa shape index (κ1) is 18.8. The largest absolute Gasteiger partial charge is 0.492 e. The third-order valence-corrected chi connectivity index (χ3v) is 3.81. The number of rotatable bonds is 6. The summed E-state index contributed by atoms with van der Waals surface area (Å²) in [7, 11) is 3.60. The first-order valence-electron chi connectivity index (χ1n) is 8.41. The third kappa shape index (κ3) is 5.77. The van der Waals surface area contributed by atoms with Crippen LogP contribution >= 0.6 is 0 Å². The van der Waals surface area contributed by atoms with Crippen LogP contribution in [0.4, 0.5) is 0 Å². The molecule has 0 spiro atoms. The highest BCUT2D eigenvalue weighted by Gasteiger charge is 2.13. The zero-order valence-corrected chi connectivity index (χ0v) is 15.7. The molecule has 1 heterocycles. The van der Waals surface area contributed by atoms with Crippen LogP contribution in [-0.4, -0.2) is 40.9 Å². The Morgan fingerprint density at radius 2 is 2.08 bits per heavy atom. The van der Waals surface area contributed by atoms with Crippen molar-refractivity contribution in [2.45, 2.75) is 32.7 Å². The molecule has 2 rings (SSSR count). The van der Waals surface area contributed by atoms with Crippen molar-refractivity contribution >= 4 is 5.96 Å². The zero-order valence-electron chi connectivity index (χ0n) is 15.7. The van der Waals surface area contributed by atoms with Crippen LogP contribution < -0.4 is 15.4 Å². The van der Waals surface area contributed by atoms with Crippen molar-refractivity contribution < 1.29 is 4.74 Å². The predicted octanol–water partition coefficient (Wildman–Crippen LogP) is 1.86. The van der Waals surface area contributed by atoms with E-state index in [1.165, 1.54) is 11.9 Å². The molecule has 0 radical (unpaired) electrons. The van der Waals surface area contributed by atoms with Crippen LogP contribution in [0.15, 0.2) is 35.6 Å². The van der Waals surface area contributed by atoms with Gasteiger partial charge in [-0.15, -0.1) is 0 Å². The molecule has 136 valence electrons. The van der Waals surface area contributed by atoms with Gasteiger partial charge in [0.2, 0.25) is 0 Å². The molecule has 0 saturated heterocycles. The number of ether oxygens (including phenoxy) is 1. The monoisotopic (exact) mass is 344 g/mol. The summed E-state index contributed by atoms with van der Waals surface area (Å²) < 4.78 is 7.56. The molecule has 7 nitrogen and oxygen atoms in total. The van der Waals surface area contributed by atoms with Crippen LogP contribution in [0.3, 0.4) is 0 Å². The molecule has 7 heteroatoms. The maximum Gasteiger partial charge on any atom is 0.191 e. The molecule has 1 aromatic heterocycles. The molecule has 0 atom stereocenters. The molecule has 0 unspecified atom stereocenters. The van der Waals surface area contributed by atoms with Gasteiger partial charge in [0.1, 0.15) is 24.5 Å². The molecule has 25 heavy (non-hydrogen) atoms. The van der Waals surface area contributed by atoms with Crippen LogP contribution in [0.25, 0.3) is 0 Å². The number of benzene rings is 1. The summed E-state index contributed by atoms with van der Waals surface area (Å²) in [5.74, 6) is 2.43. The maximum atomic E-state index is 5.83. The van der Waals surface area contributed by atoms with Crippen molar-refractivity contribution in [3.63, 3.8) is 0 Å². The van der Waals surface area contributed by atoms with Crippen LogP contribution in [0, 0.1) is 0 Å². The zero-order chi connectivity index (χ0) is 18.3. The number of aromatic nitrogens is 3. The highest BCUT2D eigenvalue weighted by molar-refractivity contribution is 5.79. The molecule has 0 aliphatic rings. The summed E-state index contributed by atoms with van der Waals surface area (Å²) in [5.41, 5.74) is 1.38. The minimum absolute atomic E-state index is 0.114. The van der Waals surface area contributed by atoms with E-state index in [4.69, 9.17) is 4.74 Å². The number of guanidine groups is 1. The smallest absolute Gasteiger partial charge is 0.191 e. The lowest BCUT2D eigenvalue weighted by Gasteiger charge is -2.20. The molecule has 1 aromatic carbocycles. The molecule has 2 N–H and O–H groups in total. The second-order valence-corrected chi connectivity index (χ2v) is 6.78. The van der Waals surface area contributed by atoms with Gasteiger partial charge in [0.15, 0.2) is 5.96 Å². The Kier molecular flexibility index (Phi) is 6.38. The Labute approximate surface area is 149 Å². The minimum Gasteiger partial charge on any atom is -0.492 e. The molecule has 2 aromatic rings. The van der Waals surface area contributed by atoms with Crippen molar-refractivity contribution in [2.75, 3.05) is 20.2 Å². The average molecular weight is 344 g/mol. The van der Waals surface area contributed by atoms with E-state index in [-0.39, 0.29) is 5.41 Å². The summed E-state index contributed by atoms with van der Waals surface area (Å²) in [6, 6.07) is 8.24. The fraction of sp³-hybridized carbons (Fsp3) is 0.500. The third-order valence-electron chi connectivity index (χ3n) is 3.81. The van der Waals surface area contributed by atoms with E-state index in [9.17, 15) is 0 Å². The number of hydrogen-bond donors (Lipinski definition) is 2. The van der Waals surface area contributed by atoms with Gasteiger partial charge in [-0.2, -0.15) is 5.10 Å². The topological polar surface area (TPSA) is 76.4 Å².